The largest absolute Gasteiger partial charge is 0.491 e. The van der Waals surface area contributed by atoms with Crippen molar-refractivity contribution >= 4 is 11.8 Å². The highest BCUT2D eigenvalue weighted by atomic mass is 16.6. The molecular formula is C10H15N3O3. The molecule has 0 aliphatic carbocycles. The van der Waals surface area contributed by atoms with Gasteiger partial charge in [-0.25, -0.2) is 14.8 Å². The molecule has 0 spiro atoms. The number of ether oxygens (including phenoxy) is 2. The van der Waals surface area contributed by atoms with Gasteiger partial charge in [-0.15, -0.1) is 0 Å². The molecule has 1 rings (SSSR count). The summed E-state index contributed by atoms with van der Waals surface area (Å²) in [5.41, 5.74) is 4.99. The summed E-state index contributed by atoms with van der Waals surface area (Å²) in [4.78, 5) is 19.3. The number of nitrogens with zero attached hydrogens (tertiary/aromatic N) is 2. The number of methoxy groups -OCH3 is 1. The van der Waals surface area contributed by atoms with Gasteiger partial charge in [-0.05, 0) is 20.8 Å². The van der Waals surface area contributed by atoms with Crippen LogP contribution in [0.5, 0.6) is 5.75 Å². The molecule has 0 bridgehead atoms. The van der Waals surface area contributed by atoms with E-state index in [-0.39, 0.29) is 17.3 Å². The quantitative estimate of drug-likeness (QED) is 0.756. The van der Waals surface area contributed by atoms with Gasteiger partial charge in [0, 0.05) is 0 Å². The van der Waals surface area contributed by atoms with Crippen molar-refractivity contribution in [1.29, 1.82) is 0 Å². The maximum absolute atomic E-state index is 11.7. The normalized spacial score (nSPS) is 11.0. The third-order valence-corrected chi connectivity index (χ3v) is 1.63. The minimum absolute atomic E-state index is 0.0323. The molecular weight excluding hydrogens is 210 g/mol. The van der Waals surface area contributed by atoms with Crippen molar-refractivity contribution in [2.75, 3.05) is 12.8 Å². The topological polar surface area (TPSA) is 87.3 Å². The summed E-state index contributed by atoms with van der Waals surface area (Å²) in [7, 11) is 1.39. The molecule has 0 radical (unpaired) electrons. The Labute approximate surface area is 93.8 Å². The van der Waals surface area contributed by atoms with Gasteiger partial charge in [0.15, 0.2) is 17.3 Å². The molecule has 0 aromatic carbocycles. The summed E-state index contributed by atoms with van der Waals surface area (Å²) in [6.07, 6.45) is 1.19. The van der Waals surface area contributed by atoms with Crippen molar-refractivity contribution < 1.29 is 14.3 Å². The maximum atomic E-state index is 11.7. The number of rotatable bonds is 2. The first-order chi connectivity index (χ1) is 7.35. The lowest BCUT2D eigenvalue weighted by Crippen LogP contribution is -2.25. The summed E-state index contributed by atoms with van der Waals surface area (Å²) < 4.78 is 10.1. The van der Waals surface area contributed by atoms with Gasteiger partial charge in [-0.3, -0.25) is 0 Å². The van der Waals surface area contributed by atoms with E-state index in [2.05, 4.69) is 9.97 Å². The number of nitrogens with two attached hydrogens (primary N) is 1. The summed E-state index contributed by atoms with van der Waals surface area (Å²) in [6.45, 7) is 5.30. The van der Waals surface area contributed by atoms with Crippen LogP contribution in [0.4, 0.5) is 5.82 Å². The third-order valence-electron chi connectivity index (χ3n) is 1.63. The van der Waals surface area contributed by atoms with Gasteiger partial charge < -0.3 is 15.2 Å². The molecule has 0 saturated carbocycles. The summed E-state index contributed by atoms with van der Waals surface area (Å²) in [5.74, 6) is -0.339. The van der Waals surface area contributed by atoms with Gasteiger partial charge in [0.1, 0.15) is 11.9 Å². The first kappa shape index (κ1) is 12.2. The van der Waals surface area contributed by atoms with Crippen LogP contribution in [0, 0.1) is 0 Å². The predicted molar refractivity (Wildman–Crippen MR) is 58.2 cm³/mol. The van der Waals surface area contributed by atoms with E-state index in [1.54, 1.807) is 20.8 Å². The highest BCUT2D eigenvalue weighted by molar-refractivity contribution is 5.92. The fourth-order valence-electron chi connectivity index (χ4n) is 1.06. The molecule has 1 aromatic rings. The number of hydrogen-bond donors (Lipinski definition) is 1. The van der Waals surface area contributed by atoms with E-state index in [4.69, 9.17) is 15.2 Å². The predicted octanol–water partition coefficient (Wildman–Crippen LogP) is 1.02. The van der Waals surface area contributed by atoms with Crippen molar-refractivity contribution in [3.63, 3.8) is 0 Å². The van der Waals surface area contributed by atoms with Crippen LogP contribution in [0.25, 0.3) is 0 Å². The Hall–Kier alpha value is -1.85. The Morgan fingerprint density at radius 2 is 2.00 bits per heavy atom. The first-order valence-corrected chi connectivity index (χ1v) is 4.73. The zero-order chi connectivity index (χ0) is 12.3. The molecule has 0 atom stereocenters. The van der Waals surface area contributed by atoms with Crippen molar-refractivity contribution in [2.24, 2.45) is 0 Å². The van der Waals surface area contributed by atoms with E-state index in [1.807, 2.05) is 0 Å². The van der Waals surface area contributed by atoms with Crippen LogP contribution in [-0.2, 0) is 4.74 Å². The molecule has 0 unspecified atom stereocenters. The van der Waals surface area contributed by atoms with Crippen LogP contribution in [0.15, 0.2) is 6.33 Å². The molecule has 1 heterocycles. The van der Waals surface area contributed by atoms with E-state index in [0.29, 0.717) is 0 Å². The number of carbonyl (C=O) groups is 1. The van der Waals surface area contributed by atoms with E-state index < -0.39 is 11.6 Å². The highest BCUT2D eigenvalue weighted by Crippen LogP contribution is 2.23. The van der Waals surface area contributed by atoms with Crippen LogP contribution in [0.2, 0.25) is 0 Å². The Morgan fingerprint density at radius 3 is 2.50 bits per heavy atom. The molecule has 0 aliphatic rings. The molecule has 0 aliphatic heterocycles. The van der Waals surface area contributed by atoms with Crippen molar-refractivity contribution in [3.8, 4) is 5.75 Å². The minimum atomic E-state index is -0.595. The number of anilines is 1. The number of nitrogen functional groups attached to an aromatic ring is 1. The number of esters is 1. The average molecular weight is 225 g/mol. The zero-order valence-corrected chi connectivity index (χ0v) is 9.77. The lowest BCUT2D eigenvalue weighted by atomic mass is 10.2. The van der Waals surface area contributed by atoms with Crippen molar-refractivity contribution in [2.45, 2.75) is 26.4 Å². The van der Waals surface area contributed by atoms with E-state index in [1.165, 1.54) is 13.4 Å². The summed E-state index contributed by atoms with van der Waals surface area (Å²) >= 11 is 0. The maximum Gasteiger partial charge on any atom is 0.361 e. The van der Waals surface area contributed by atoms with Gasteiger partial charge in [0.25, 0.3) is 0 Å². The standard InChI is InChI=1S/C10H15N3O3/c1-10(2,3)16-9(14)6-7(15-4)8(11)13-5-12-6/h5H,1-4H3,(H2,11,12,13). The van der Waals surface area contributed by atoms with Crippen LogP contribution in [-0.4, -0.2) is 28.6 Å². The average Bonchev–Trinajstić information content (AvgIpc) is 2.14. The Balaban J connectivity index is 3.04. The number of carbonyl (C=O) groups excluding carboxylic acids is 1. The third kappa shape index (κ3) is 2.82. The SMILES string of the molecule is COc1c(N)ncnc1C(=O)OC(C)(C)C. The molecule has 1 aromatic heterocycles. The van der Waals surface area contributed by atoms with Crippen LogP contribution in [0.1, 0.15) is 31.3 Å². The Bertz CT molecular complexity index is 399. The number of aromatic nitrogens is 2. The monoisotopic (exact) mass is 225 g/mol. The van der Waals surface area contributed by atoms with Crippen molar-refractivity contribution in [3.05, 3.63) is 12.0 Å². The smallest absolute Gasteiger partial charge is 0.361 e. The summed E-state index contributed by atoms with van der Waals surface area (Å²) in [5, 5.41) is 0. The van der Waals surface area contributed by atoms with Gasteiger partial charge in [-0.2, -0.15) is 0 Å². The van der Waals surface area contributed by atoms with Crippen LogP contribution >= 0.6 is 0 Å². The van der Waals surface area contributed by atoms with Crippen LogP contribution < -0.4 is 10.5 Å². The highest BCUT2D eigenvalue weighted by Gasteiger charge is 2.23. The van der Waals surface area contributed by atoms with Gasteiger partial charge in [0.2, 0.25) is 0 Å². The van der Waals surface area contributed by atoms with Crippen LogP contribution in [0.3, 0.4) is 0 Å². The van der Waals surface area contributed by atoms with Gasteiger partial charge in [0.05, 0.1) is 7.11 Å². The molecule has 6 heteroatoms. The van der Waals surface area contributed by atoms with Crippen molar-refractivity contribution in [1.82, 2.24) is 9.97 Å². The number of hydrogen-bond acceptors (Lipinski definition) is 6. The molecule has 16 heavy (non-hydrogen) atoms. The molecule has 6 nitrogen and oxygen atoms in total. The second-order valence-electron chi connectivity index (χ2n) is 4.14. The lowest BCUT2D eigenvalue weighted by molar-refractivity contribution is 0.00594. The fraction of sp³-hybridized carbons (Fsp3) is 0.500. The lowest BCUT2D eigenvalue weighted by Gasteiger charge is -2.19. The molecule has 0 amide bonds. The molecule has 2 N–H and O–H groups in total. The molecule has 88 valence electrons. The van der Waals surface area contributed by atoms with E-state index >= 15 is 0 Å². The second-order valence-corrected chi connectivity index (χ2v) is 4.14. The fourth-order valence-corrected chi connectivity index (χ4v) is 1.06. The van der Waals surface area contributed by atoms with Gasteiger partial charge >= 0.3 is 5.97 Å². The van der Waals surface area contributed by atoms with E-state index in [9.17, 15) is 4.79 Å². The van der Waals surface area contributed by atoms with E-state index in [0.717, 1.165) is 0 Å². The molecule has 0 saturated heterocycles. The minimum Gasteiger partial charge on any atom is -0.491 e. The Morgan fingerprint density at radius 1 is 1.38 bits per heavy atom. The van der Waals surface area contributed by atoms with Gasteiger partial charge in [-0.1, -0.05) is 0 Å². The summed E-state index contributed by atoms with van der Waals surface area (Å²) in [6, 6.07) is 0. The molecule has 0 fully saturated rings. The Kier molecular flexibility index (Phi) is 3.31. The second kappa shape index (κ2) is 4.34. The first-order valence-electron chi connectivity index (χ1n) is 4.73. The zero-order valence-electron chi connectivity index (χ0n) is 9.77.